The topological polar surface area (TPSA) is 90.5 Å². The first kappa shape index (κ1) is 19.2. The van der Waals surface area contributed by atoms with Gasteiger partial charge < -0.3 is 15.1 Å². The van der Waals surface area contributed by atoms with Gasteiger partial charge in [-0.3, -0.25) is 14.9 Å². The highest BCUT2D eigenvalue weighted by atomic mass is 32.2. The summed E-state index contributed by atoms with van der Waals surface area (Å²) < 4.78 is 0. The standard InChI is InChI=1S/C19H26N6O2S/c1-24(14-6-5-7-20-12-14)16-11-13(10-15-17(26)23-19(27)28-15)21-18(22-16)25-8-3-2-4-9-25/h10-11,14,20H,2-9,12H2,1H3,(H,23,26,27). The molecular weight excluding hydrogens is 376 g/mol. The van der Waals surface area contributed by atoms with Crippen LogP contribution in [0.1, 0.15) is 37.8 Å². The number of nitrogens with zero attached hydrogens (tertiary/aromatic N) is 4. The van der Waals surface area contributed by atoms with E-state index in [-0.39, 0.29) is 11.1 Å². The van der Waals surface area contributed by atoms with Gasteiger partial charge in [0.1, 0.15) is 5.82 Å². The summed E-state index contributed by atoms with van der Waals surface area (Å²) in [6.45, 7) is 3.89. The number of hydrogen-bond donors (Lipinski definition) is 2. The van der Waals surface area contributed by atoms with Gasteiger partial charge in [0, 0.05) is 38.8 Å². The number of piperidine rings is 2. The van der Waals surface area contributed by atoms with Crippen LogP contribution in [0, 0.1) is 0 Å². The first-order valence-electron chi connectivity index (χ1n) is 9.92. The Labute approximate surface area is 169 Å². The zero-order chi connectivity index (χ0) is 19.5. The van der Waals surface area contributed by atoms with Crippen LogP contribution in [0.5, 0.6) is 0 Å². The van der Waals surface area contributed by atoms with Crippen LogP contribution in [0.2, 0.25) is 0 Å². The summed E-state index contributed by atoms with van der Waals surface area (Å²) in [7, 11) is 2.07. The van der Waals surface area contributed by atoms with Gasteiger partial charge in [0.15, 0.2) is 0 Å². The van der Waals surface area contributed by atoms with Gasteiger partial charge in [-0.05, 0) is 56.5 Å². The van der Waals surface area contributed by atoms with Gasteiger partial charge in [-0.25, -0.2) is 4.98 Å². The van der Waals surface area contributed by atoms with Crippen molar-refractivity contribution in [3.63, 3.8) is 0 Å². The number of nitrogens with one attached hydrogen (secondary N) is 2. The Balaban J connectivity index is 1.67. The Morgan fingerprint density at radius 3 is 2.71 bits per heavy atom. The molecule has 1 aromatic heterocycles. The number of carbonyl (C=O) groups is 2. The number of imide groups is 1. The second-order valence-corrected chi connectivity index (χ2v) is 8.48. The SMILES string of the molecule is CN(c1cc(C=C2SC(=O)NC2=O)nc(N2CCCCC2)n1)C1CCCNC1. The Hall–Kier alpha value is -2.13. The van der Waals surface area contributed by atoms with Crippen molar-refractivity contribution in [2.45, 2.75) is 38.1 Å². The molecule has 1 atom stereocenters. The van der Waals surface area contributed by atoms with Gasteiger partial charge in [0.05, 0.1) is 10.6 Å². The quantitative estimate of drug-likeness (QED) is 0.739. The minimum atomic E-state index is -0.362. The van der Waals surface area contributed by atoms with E-state index in [4.69, 9.17) is 9.97 Å². The summed E-state index contributed by atoms with van der Waals surface area (Å²) in [6, 6.07) is 2.29. The highest BCUT2D eigenvalue weighted by Crippen LogP contribution is 2.28. The summed E-state index contributed by atoms with van der Waals surface area (Å²) in [6.07, 6.45) is 7.47. The van der Waals surface area contributed by atoms with Crippen LogP contribution in [0.4, 0.5) is 16.6 Å². The maximum atomic E-state index is 11.9. The van der Waals surface area contributed by atoms with E-state index in [1.165, 1.54) is 6.42 Å². The molecule has 1 unspecified atom stereocenters. The molecule has 0 radical (unpaired) electrons. The normalized spacial score (nSPS) is 24.5. The van der Waals surface area contributed by atoms with Crippen molar-refractivity contribution in [1.29, 1.82) is 0 Å². The van der Waals surface area contributed by atoms with Gasteiger partial charge in [-0.1, -0.05) is 0 Å². The second-order valence-electron chi connectivity index (χ2n) is 7.46. The largest absolute Gasteiger partial charge is 0.355 e. The fourth-order valence-electron chi connectivity index (χ4n) is 3.84. The minimum Gasteiger partial charge on any atom is -0.355 e. The predicted molar refractivity (Wildman–Crippen MR) is 111 cm³/mol. The Kier molecular flexibility index (Phi) is 5.82. The molecule has 9 heteroatoms. The molecule has 1 aromatic rings. The van der Waals surface area contributed by atoms with Gasteiger partial charge in [0.25, 0.3) is 11.1 Å². The molecule has 0 bridgehead atoms. The van der Waals surface area contributed by atoms with E-state index in [0.29, 0.717) is 22.6 Å². The lowest BCUT2D eigenvalue weighted by Gasteiger charge is -2.33. The molecule has 150 valence electrons. The Bertz CT molecular complexity index is 787. The Morgan fingerprint density at radius 2 is 2.04 bits per heavy atom. The molecule has 3 aliphatic rings. The van der Waals surface area contributed by atoms with Crippen molar-refractivity contribution >= 4 is 40.8 Å². The summed E-state index contributed by atoms with van der Waals surface area (Å²) in [4.78, 5) is 37.8. The van der Waals surface area contributed by atoms with Crippen LogP contribution in [-0.4, -0.2) is 60.4 Å². The van der Waals surface area contributed by atoms with Gasteiger partial charge in [-0.15, -0.1) is 0 Å². The zero-order valence-electron chi connectivity index (χ0n) is 16.1. The number of amides is 2. The monoisotopic (exact) mass is 402 g/mol. The van der Waals surface area contributed by atoms with Crippen LogP contribution in [0.15, 0.2) is 11.0 Å². The maximum absolute atomic E-state index is 11.9. The number of rotatable bonds is 4. The molecule has 4 rings (SSSR count). The lowest BCUT2D eigenvalue weighted by molar-refractivity contribution is -0.115. The molecule has 0 aromatic carbocycles. The molecule has 8 nitrogen and oxygen atoms in total. The number of thioether (sulfide) groups is 1. The summed E-state index contributed by atoms with van der Waals surface area (Å²) in [5, 5.41) is 5.40. The average Bonchev–Trinajstić information content (AvgIpc) is 3.05. The van der Waals surface area contributed by atoms with Crippen LogP contribution in [-0.2, 0) is 4.79 Å². The number of hydrogen-bond acceptors (Lipinski definition) is 8. The number of carbonyl (C=O) groups excluding carboxylic acids is 2. The predicted octanol–water partition coefficient (Wildman–Crippen LogP) is 1.98. The summed E-state index contributed by atoms with van der Waals surface area (Å²) in [5.74, 6) is 1.19. The molecule has 3 saturated heterocycles. The van der Waals surface area contributed by atoms with Crippen LogP contribution in [0.25, 0.3) is 6.08 Å². The maximum Gasteiger partial charge on any atom is 0.290 e. The van der Waals surface area contributed by atoms with Crippen LogP contribution in [0.3, 0.4) is 0 Å². The first-order chi connectivity index (χ1) is 13.6. The first-order valence-corrected chi connectivity index (χ1v) is 10.7. The lowest BCUT2D eigenvalue weighted by Crippen LogP contribution is -2.44. The molecule has 0 aliphatic carbocycles. The van der Waals surface area contributed by atoms with Crippen LogP contribution >= 0.6 is 11.8 Å². The van der Waals surface area contributed by atoms with Crippen molar-refractivity contribution in [2.75, 3.05) is 43.0 Å². The van der Waals surface area contributed by atoms with E-state index in [9.17, 15) is 9.59 Å². The highest BCUT2D eigenvalue weighted by Gasteiger charge is 2.26. The smallest absolute Gasteiger partial charge is 0.290 e. The third-order valence-electron chi connectivity index (χ3n) is 5.46. The average molecular weight is 403 g/mol. The molecule has 2 N–H and O–H groups in total. The van der Waals surface area contributed by atoms with Crippen molar-refractivity contribution in [1.82, 2.24) is 20.6 Å². The van der Waals surface area contributed by atoms with Gasteiger partial charge >= 0.3 is 0 Å². The minimum absolute atomic E-state index is 0.341. The third kappa shape index (κ3) is 4.30. The van der Waals surface area contributed by atoms with E-state index in [2.05, 4.69) is 27.5 Å². The van der Waals surface area contributed by atoms with E-state index in [0.717, 1.165) is 69.4 Å². The molecule has 0 saturated carbocycles. The zero-order valence-corrected chi connectivity index (χ0v) is 16.9. The molecule has 0 spiro atoms. The summed E-state index contributed by atoms with van der Waals surface area (Å²) >= 11 is 0.916. The van der Waals surface area contributed by atoms with E-state index in [1.807, 2.05) is 6.07 Å². The van der Waals surface area contributed by atoms with E-state index in [1.54, 1.807) is 6.08 Å². The highest BCUT2D eigenvalue weighted by molar-refractivity contribution is 8.18. The molecule has 3 fully saturated rings. The second kappa shape index (κ2) is 8.48. The van der Waals surface area contributed by atoms with E-state index >= 15 is 0 Å². The number of anilines is 2. The number of aromatic nitrogens is 2. The van der Waals surface area contributed by atoms with Gasteiger partial charge in [0.2, 0.25) is 5.95 Å². The molecule has 2 amide bonds. The number of likely N-dealkylation sites (N-methyl/N-ethyl adjacent to an activating group) is 1. The van der Waals surface area contributed by atoms with Crippen molar-refractivity contribution in [3.05, 3.63) is 16.7 Å². The van der Waals surface area contributed by atoms with Gasteiger partial charge in [-0.2, -0.15) is 4.98 Å². The summed E-state index contributed by atoms with van der Waals surface area (Å²) in [5.41, 5.74) is 0.661. The fraction of sp³-hybridized carbons (Fsp3) is 0.579. The molecule has 3 aliphatic heterocycles. The van der Waals surface area contributed by atoms with Crippen molar-refractivity contribution in [2.24, 2.45) is 0 Å². The molecular formula is C19H26N6O2S. The van der Waals surface area contributed by atoms with Crippen molar-refractivity contribution < 1.29 is 9.59 Å². The Morgan fingerprint density at radius 1 is 1.21 bits per heavy atom. The fourth-order valence-corrected chi connectivity index (χ4v) is 4.50. The lowest BCUT2D eigenvalue weighted by atomic mass is 10.1. The van der Waals surface area contributed by atoms with Crippen LogP contribution < -0.4 is 20.4 Å². The molecule has 28 heavy (non-hydrogen) atoms. The van der Waals surface area contributed by atoms with Crippen molar-refractivity contribution in [3.8, 4) is 0 Å². The molecule has 4 heterocycles. The van der Waals surface area contributed by atoms with E-state index < -0.39 is 0 Å². The third-order valence-corrected chi connectivity index (χ3v) is 6.27.